The van der Waals surface area contributed by atoms with Crippen LogP contribution in [0.3, 0.4) is 0 Å². The zero-order valence-corrected chi connectivity index (χ0v) is 19.2. The molecular formula is C23H24N8O2S. The summed E-state index contributed by atoms with van der Waals surface area (Å²) in [5.41, 5.74) is 2.72. The minimum atomic E-state index is -0.103. The van der Waals surface area contributed by atoms with Crippen molar-refractivity contribution in [1.82, 2.24) is 29.5 Å². The number of aromatic nitrogens is 5. The maximum Gasteiger partial charge on any atom is 0.321 e. The second-order valence-corrected chi connectivity index (χ2v) is 9.43. The molecule has 10 nitrogen and oxygen atoms in total. The average molecular weight is 477 g/mol. The van der Waals surface area contributed by atoms with Gasteiger partial charge >= 0.3 is 6.03 Å². The Morgan fingerprint density at radius 2 is 1.97 bits per heavy atom. The van der Waals surface area contributed by atoms with Gasteiger partial charge in [0.2, 0.25) is 5.95 Å². The first-order valence-electron chi connectivity index (χ1n) is 11.3. The normalized spacial score (nSPS) is 16.1. The molecule has 1 saturated heterocycles. The fraction of sp³-hybridized carbons (Fsp3) is 0.304. The summed E-state index contributed by atoms with van der Waals surface area (Å²) in [6.07, 6.45) is 6.06. The van der Waals surface area contributed by atoms with Crippen LogP contribution in [-0.4, -0.2) is 61.8 Å². The Morgan fingerprint density at radius 3 is 2.76 bits per heavy atom. The molecule has 0 unspecified atom stereocenters. The molecule has 0 bridgehead atoms. The minimum absolute atomic E-state index is 0.103. The minimum Gasteiger partial charge on any atom is -0.378 e. The quantitative estimate of drug-likeness (QED) is 0.359. The van der Waals surface area contributed by atoms with E-state index in [0.717, 1.165) is 32.8 Å². The van der Waals surface area contributed by atoms with Gasteiger partial charge in [-0.05, 0) is 37.1 Å². The number of hydrogen-bond acceptors (Lipinski definition) is 7. The molecule has 174 valence electrons. The summed E-state index contributed by atoms with van der Waals surface area (Å²) >= 11 is 1.53. The standard InChI is InChI=1S/C23H24N8O2S/c32-23(30-9-11-33-12-10-30)25-16-3-5-17(6-4-16)34-21-14-20-24-7-8-31(20)22(27-21)26-19-13-18(28-29-19)15-1-2-15/h3-8,13-15H,1-2,9-12H2,(H,25,32)(H2,26,27,28,29). The van der Waals surface area contributed by atoms with E-state index < -0.39 is 0 Å². The molecule has 6 rings (SSSR count). The molecule has 1 aromatic carbocycles. The highest BCUT2D eigenvalue weighted by atomic mass is 32.2. The van der Waals surface area contributed by atoms with Crippen LogP contribution >= 0.6 is 11.8 Å². The number of ether oxygens (including phenoxy) is 1. The van der Waals surface area contributed by atoms with Crippen molar-refractivity contribution < 1.29 is 9.53 Å². The van der Waals surface area contributed by atoms with E-state index in [1.807, 2.05) is 47.0 Å². The first kappa shape index (κ1) is 21.0. The van der Waals surface area contributed by atoms with Gasteiger partial charge < -0.3 is 20.3 Å². The Bertz CT molecular complexity index is 1310. The van der Waals surface area contributed by atoms with E-state index >= 15 is 0 Å². The number of aromatic amines is 1. The Morgan fingerprint density at radius 1 is 1.15 bits per heavy atom. The third kappa shape index (κ3) is 4.57. The van der Waals surface area contributed by atoms with Crippen LogP contribution in [0.25, 0.3) is 5.65 Å². The first-order valence-corrected chi connectivity index (χ1v) is 12.1. The SMILES string of the molecule is O=C(Nc1ccc(Sc2cc3nccn3c(Nc3cc(C4CC4)[nH]n3)n2)cc1)N1CCOCC1. The maximum absolute atomic E-state index is 12.4. The predicted octanol–water partition coefficient (Wildman–Crippen LogP) is 4.09. The van der Waals surface area contributed by atoms with Crippen LogP contribution in [0.2, 0.25) is 0 Å². The lowest BCUT2D eigenvalue weighted by Crippen LogP contribution is -2.43. The van der Waals surface area contributed by atoms with Gasteiger partial charge in [-0.3, -0.25) is 9.50 Å². The monoisotopic (exact) mass is 476 g/mol. The van der Waals surface area contributed by atoms with E-state index in [4.69, 9.17) is 9.72 Å². The zero-order valence-electron chi connectivity index (χ0n) is 18.4. The second-order valence-electron chi connectivity index (χ2n) is 8.34. The third-order valence-electron chi connectivity index (χ3n) is 5.85. The van der Waals surface area contributed by atoms with Gasteiger partial charge in [-0.2, -0.15) is 5.10 Å². The number of hydrogen-bond donors (Lipinski definition) is 3. The number of carbonyl (C=O) groups excluding carboxylic acids is 1. The number of nitrogens with one attached hydrogen (secondary N) is 3. The molecule has 11 heteroatoms. The molecule has 2 amide bonds. The molecule has 1 aliphatic carbocycles. The summed E-state index contributed by atoms with van der Waals surface area (Å²) in [4.78, 5) is 24.4. The van der Waals surface area contributed by atoms with Gasteiger partial charge in [-0.15, -0.1) is 0 Å². The van der Waals surface area contributed by atoms with Crippen LogP contribution in [-0.2, 0) is 4.74 Å². The number of anilines is 3. The zero-order chi connectivity index (χ0) is 22.9. The van der Waals surface area contributed by atoms with Crippen molar-refractivity contribution in [3.05, 3.63) is 54.5 Å². The molecule has 0 spiro atoms. The third-order valence-corrected chi connectivity index (χ3v) is 6.77. The van der Waals surface area contributed by atoms with Gasteiger partial charge in [0.1, 0.15) is 10.7 Å². The van der Waals surface area contributed by atoms with Crippen molar-refractivity contribution in [2.75, 3.05) is 36.9 Å². The number of rotatable bonds is 6. The number of H-pyrrole nitrogens is 1. The van der Waals surface area contributed by atoms with E-state index in [-0.39, 0.29) is 6.03 Å². The first-order chi connectivity index (χ1) is 16.7. The van der Waals surface area contributed by atoms with E-state index in [1.165, 1.54) is 24.6 Å². The number of fused-ring (bicyclic) bond motifs is 1. The van der Waals surface area contributed by atoms with Crippen molar-refractivity contribution in [3.8, 4) is 0 Å². The summed E-state index contributed by atoms with van der Waals surface area (Å²) < 4.78 is 7.21. The van der Waals surface area contributed by atoms with E-state index in [2.05, 4.69) is 25.8 Å². The van der Waals surface area contributed by atoms with E-state index in [0.29, 0.717) is 38.2 Å². The Balaban J connectivity index is 1.16. The van der Waals surface area contributed by atoms with Gasteiger partial charge in [-0.25, -0.2) is 14.8 Å². The number of nitrogens with zero attached hydrogens (tertiary/aromatic N) is 5. The molecule has 1 saturated carbocycles. The number of carbonyl (C=O) groups is 1. The van der Waals surface area contributed by atoms with Gasteiger partial charge in [0.15, 0.2) is 5.82 Å². The molecule has 0 radical (unpaired) electrons. The number of morpholine rings is 1. The molecule has 3 aromatic heterocycles. The lowest BCUT2D eigenvalue weighted by Gasteiger charge is -2.26. The summed E-state index contributed by atoms with van der Waals surface area (Å²) in [5.74, 6) is 2.00. The molecule has 4 aromatic rings. The molecule has 3 N–H and O–H groups in total. The van der Waals surface area contributed by atoms with Gasteiger partial charge in [-0.1, -0.05) is 11.8 Å². The Kier molecular flexibility index (Phi) is 5.55. The number of imidazole rings is 1. The lowest BCUT2D eigenvalue weighted by molar-refractivity contribution is 0.0564. The van der Waals surface area contributed by atoms with Crippen LogP contribution in [0.4, 0.5) is 22.2 Å². The molecule has 2 fully saturated rings. The topological polar surface area (TPSA) is 112 Å². The van der Waals surface area contributed by atoms with Crippen molar-refractivity contribution in [1.29, 1.82) is 0 Å². The van der Waals surface area contributed by atoms with Crippen molar-refractivity contribution in [2.45, 2.75) is 28.7 Å². The highest BCUT2D eigenvalue weighted by Crippen LogP contribution is 2.39. The summed E-state index contributed by atoms with van der Waals surface area (Å²) in [7, 11) is 0. The second kappa shape index (κ2) is 8.99. The lowest BCUT2D eigenvalue weighted by atomic mass is 10.3. The van der Waals surface area contributed by atoms with E-state index in [9.17, 15) is 4.79 Å². The molecule has 34 heavy (non-hydrogen) atoms. The smallest absolute Gasteiger partial charge is 0.321 e. The molecular weight excluding hydrogens is 452 g/mol. The summed E-state index contributed by atoms with van der Waals surface area (Å²) in [6.45, 7) is 2.38. The van der Waals surface area contributed by atoms with Crippen LogP contribution in [0.15, 0.2) is 58.7 Å². The highest BCUT2D eigenvalue weighted by Gasteiger charge is 2.25. The fourth-order valence-electron chi connectivity index (χ4n) is 3.86. The Hall–Kier alpha value is -3.57. The van der Waals surface area contributed by atoms with Gasteiger partial charge in [0.25, 0.3) is 0 Å². The largest absolute Gasteiger partial charge is 0.378 e. The molecule has 1 aliphatic heterocycles. The van der Waals surface area contributed by atoms with Crippen LogP contribution < -0.4 is 10.6 Å². The van der Waals surface area contributed by atoms with Crippen molar-refractivity contribution >= 4 is 40.9 Å². The van der Waals surface area contributed by atoms with Crippen LogP contribution in [0.1, 0.15) is 24.5 Å². The van der Waals surface area contributed by atoms with Crippen molar-refractivity contribution in [3.63, 3.8) is 0 Å². The van der Waals surface area contributed by atoms with Crippen LogP contribution in [0.5, 0.6) is 0 Å². The molecule has 4 heterocycles. The maximum atomic E-state index is 12.4. The number of urea groups is 1. The molecule has 2 aliphatic rings. The Labute approximate surface area is 200 Å². The summed E-state index contributed by atoms with van der Waals surface area (Å²) in [5, 5.41) is 14.6. The predicted molar refractivity (Wildman–Crippen MR) is 129 cm³/mol. The van der Waals surface area contributed by atoms with Gasteiger partial charge in [0.05, 0.1) is 13.2 Å². The van der Waals surface area contributed by atoms with Gasteiger partial charge in [0, 0.05) is 59.8 Å². The van der Waals surface area contributed by atoms with E-state index in [1.54, 1.807) is 11.1 Å². The van der Waals surface area contributed by atoms with Crippen molar-refractivity contribution in [2.24, 2.45) is 0 Å². The fourth-order valence-corrected chi connectivity index (χ4v) is 4.67. The number of amides is 2. The molecule has 0 atom stereocenters. The average Bonchev–Trinajstić information content (AvgIpc) is 3.41. The highest BCUT2D eigenvalue weighted by molar-refractivity contribution is 7.99. The van der Waals surface area contributed by atoms with Crippen LogP contribution in [0, 0.1) is 0 Å². The number of benzene rings is 1. The summed E-state index contributed by atoms with van der Waals surface area (Å²) in [6, 6.07) is 11.6.